The van der Waals surface area contributed by atoms with Gasteiger partial charge in [-0.25, -0.2) is 13.8 Å². The van der Waals surface area contributed by atoms with Crippen LogP contribution in [0.15, 0.2) is 36.9 Å². The number of carbonyl (C=O) groups is 1. The molecule has 1 aromatic carbocycles. The average molecular weight is 425 g/mol. The molecule has 148 valence electrons. The number of ether oxygens (including phenoxy) is 1. The number of benzene rings is 1. The Morgan fingerprint density at radius 2 is 1.83 bits per heavy atom. The van der Waals surface area contributed by atoms with Gasteiger partial charge in [-0.3, -0.25) is 14.8 Å². The fourth-order valence-electron chi connectivity index (χ4n) is 2.79. The topological polar surface area (TPSA) is 77.0 Å². The summed E-state index contributed by atoms with van der Waals surface area (Å²) in [4.78, 5) is 23.4. The van der Waals surface area contributed by atoms with Gasteiger partial charge in [0.05, 0.1) is 41.9 Å². The van der Waals surface area contributed by atoms with Gasteiger partial charge in [-0.1, -0.05) is 11.6 Å². The molecule has 0 fully saturated rings. The minimum atomic E-state index is -3.30. The molecule has 0 atom stereocenters. The van der Waals surface area contributed by atoms with Gasteiger partial charge in [-0.15, -0.1) is 0 Å². The van der Waals surface area contributed by atoms with Crippen LogP contribution in [0.5, 0.6) is 5.75 Å². The fraction of sp³-hybridized carbons (Fsp3) is 0.111. The maximum Gasteiger partial charge on any atom is 0.402 e. The molecule has 0 radical (unpaired) electrons. The van der Waals surface area contributed by atoms with Crippen molar-refractivity contribution in [2.45, 2.75) is 12.5 Å². The number of halogens is 5. The normalized spacial score (nSPS) is 14.2. The molecule has 6 nitrogen and oxygen atoms in total. The molecule has 0 aliphatic carbocycles. The quantitative estimate of drug-likeness (QED) is 0.636. The maximum atomic E-state index is 13.6. The molecule has 11 heteroatoms. The van der Waals surface area contributed by atoms with Gasteiger partial charge in [-0.05, 0) is 12.1 Å². The second-order valence-electron chi connectivity index (χ2n) is 6.08. The third-order valence-electron chi connectivity index (χ3n) is 4.06. The highest BCUT2D eigenvalue weighted by atomic mass is 35.5. The van der Waals surface area contributed by atoms with Crippen LogP contribution < -0.4 is 10.1 Å². The molecular weight excluding hydrogens is 416 g/mol. The van der Waals surface area contributed by atoms with E-state index >= 15 is 0 Å². The van der Waals surface area contributed by atoms with Gasteiger partial charge < -0.3 is 10.1 Å². The van der Waals surface area contributed by atoms with E-state index in [0.717, 1.165) is 6.20 Å². The van der Waals surface area contributed by atoms with Crippen LogP contribution in [0.3, 0.4) is 0 Å². The molecule has 3 aromatic rings. The molecule has 1 aliphatic heterocycles. The number of aromatic nitrogens is 3. The van der Waals surface area contributed by atoms with Crippen molar-refractivity contribution < 1.29 is 27.1 Å². The van der Waals surface area contributed by atoms with Crippen molar-refractivity contribution >= 4 is 23.3 Å². The van der Waals surface area contributed by atoms with E-state index in [0.29, 0.717) is 18.0 Å². The molecular formula is C18H9ClF4N4O2. The Morgan fingerprint density at radius 1 is 1.10 bits per heavy atom. The van der Waals surface area contributed by atoms with Gasteiger partial charge in [0, 0.05) is 11.1 Å². The molecule has 0 bridgehead atoms. The van der Waals surface area contributed by atoms with E-state index in [1.807, 2.05) is 0 Å². The van der Waals surface area contributed by atoms with E-state index in [2.05, 4.69) is 25.0 Å². The van der Waals surface area contributed by atoms with Gasteiger partial charge >= 0.3 is 6.11 Å². The summed E-state index contributed by atoms with van der Waals surface area (Å²) in [6, 6.07) is 2.68. The molecule has 0 unspecified atom stereocenters. The Labute approximate surface area is 165 Å². The van der Waals surface area contributed by atoms with E-state index in [1.54, 1.807) is 0 Å². The second-order valence-corrected chi connectivity index (χ2v) is 6.48. The lowest BCUT2D eigenvalue weighted by atomic mass is 10.1. The van der Waals surface area contributed by atoms with Gasteiger partial charge in [0.2, 0.25) is 0 Å². The molecule has 3 heterocycles. The van der Waals surface area contributed by atoms with Crippen LogP contribution in [0, 0.1) is 11.6 Å². The van der Waals surface area contributed by atoms with E-state index in [1.165, 1.54) is 18.3 Å². The van der Waals surface area contributed by atoms with Crippen LogP contribution in [0.1, 0.15) is 15.9 Å². The average Bonchev–Trinajstić information content (AvgIpc) is 2.94. The number of alkyl halides is 2. The minimum absolute atomic E-state index is 0.0120. The number of carbonyl (C=O) groups excluding carboxylic acids is 1. The van der Waals surface area contributed by atoms with Crippen LogP contribution in [-0.4, -0.2) is 27.0 Å². The number of nitrogens with one attached hydrogen (secondary N) is 1. The predicted octanol–water partition coefficient (Wildman–Crippen LogP) is 4.25. The number of hydrogen-bond donors (Lipinski definition) is 1. The number of amides is 1. The van der Waals surface area contributed by atoms with Crippen molar-refractivity contribution in [1.29, 1.82) is 0 Å². The number of anilines is 1. The number of rotatable bonds is 3. The molecule has 0 saturated heterocycles. The van der Waals surface area contributed by atoms with E-state index < -0.39 is 35.6 Å². The van der Waals surface area contributed by atoms with Crippen molar-refractivity contribution in [2.24, 2.45) is 0 Å². The van der Waals surface area contributed by atoms with Gasteiger partial charge in [-0.2, -0.15) is 8.78 Å². The highest BCUT2D eigenvalue weighted by Gasteiger charge is 2.40. The van der Waals surface area contributed by atoms with Crippen molar-refractivity contribution in [3.05, 3.63) is 64.7 Å². The van der Waals surface area contributed by atoms with Crippen LogP contribution >= 0.6 is 11.6 Å². The third-order valence-corrected chi connectivity index (χ3v) is 4.37. The Bertz CT molecular complexity index is 1110. The van der Waals surface area contributed by atoms with Crippen LogP contribution in [0.25, 0.3) is 11.3 Å². The van der Waals surface area contributed by atoms with Gasteiger partial charge in [0.25, 0.3) is 5.91 Å². The number of fused-ring (bicyclic) bond motifs is 1. The molecule has 1 amide bonds. The molecule has 2 aromatic heterocycles. The third kappa shape index (κ3) is 3.70. The Kier molecular flexibility index (Phi) is 4.58. The molecule has 0 saturated carbocycles. The summed E-state index contributed by atoms with van der Waals surface area (Å²) < 4.78 is 58.5. The second kappa shape index (κ2) is 6.96. The summed E-state index contributed by atoms with van der Waals surface area (Å²) in [5.41, 5.74) is 0.0290. The lowest BCUT2D eigenvalue weighted by Crippen LogP contribution is -2.20. The first-order chi connectivity index (χ1) is 13.7. The highest BCUT2D eigenvalue weighted by Crippen LogP contribution is 2.42. The number of pyridine rings is 1. The van der Waals surface area contributed by atoms with Crippen LogP contribution in [0.4, 0.5) is 23.4 Å². The number of nitrogens with zero attached hydrogens (tertiary/aromatic N) is 3. The summed E-state index contributed by atoms with van der Waals surface area (Å²) in [7, 11) is 0. The smallest absolute Gasteiger partial charge is 0.402 e. The first-order valence-electron chi connectivity index (χ1n) is 8.05. The summed E-state index contributed by atoms with van der Waals surface area (Å²) in [5.74, 6) is -3.42. The summed E-state index contributed by atoms with van der Waals surface area (Å²) in [5, 5.41) is 2.33. The largest absolute Gasteiger partial charge is 0.432 e. The maximum absolute atomic E-state index is 13.6. The Hall–Kier alpha value is -3.27. The predicted molar refractivity (Wildman–Crippen MR) is 93.9 cm³/mol. The first-order valence-corrected chi connectivity index (χ1v) is 8.43. The molecule has 29 heavy (non-hydrogen) atoms. The highest BCUT2D eigenvalue weighted by molar-refractivity contribution is 6.33. The summed E-state index contributed by atoms with van der Waals surface area (Å²) in [6.07, 6.45) is -0.125. The number of hydrogen-bond acceptors (Lipinski definition) is 5. The molecule has 1 aliphatic rings. The first kappa shape index (κ1) is 19.1. The van der Waals surface area contributed by atoms with Crippen molar-refractivity contribution in [2.75, 3.05) is 5.32 Å². The minimum Gasteiger partial charge on any atom is -0.432 e. The van der Waals surface area contributed by atoms with Crippen LogP contribution in [-0.2, 0) is 6.42 Å². The lowest BCUT2D eigenvalue weighted by Gasteiger charge is -2.09. The van der Waals surface area contributed by atoms with Crippen LogP contribution in [0.2, 0.25) is 5.02 Å². The molecule has 4 rings (SSSR count). The Morgan fingerprint density at radius 3 is 2.48 bits per heavy atom. The standard InChI is InChI=1S/C18H9ClF4N4O2/c19-10-2-14-8(3-18(22,23)29-14)1-9(10)13-6-26-15(7-25-13)27-17(28)16-11(20)4-24-5-12(16)21/h1-2,4-7H,3H2,(H,26,27,28). The van der Waals surface area contributed by atoms with Gasteiger partial charge in [0.1, 0.15) is 11.3 Å². The Balaban J connectivity index is 1.57. The van der Waals surface area contributed by atoms with Crippen molar-refractivity contribution in [3.8, 4) is 17.0 Å². The van der Waals surface area contributed by atoms with E-state index in [-0.39, 0.29) is 27.8 Å². The molecule has 1 N–H and O–H groups in total. The summed E-state index contributed by atoms with van der Waals surface area (Å²) >= 11 is 6.12. The zero-order chi connectivity index (χ0) is 20.8. The monoisotopic (exact) mass is 424 g/mol. The lowest BCUT2D eigenvalue weighted by molar-refractivity contribution is -0.159. The van der Waals surface area contributed by atoms with E-state index in [4.69, 9.17) is 11.6 Å². The van der Waals surface area contributed by atoms with Crippen molar-refractivity contribution in [1.82, 2.24) is 15.0 Å². The zero-order valence-corrected chi connectivity index (χ0v) is 15.0. The summed E-state index contributed by atoms with van der Waals surface area (Å²) in [6.45, 7) is 0. The van der Waals surface area contributed by atoms with E-state index in [9.17, 15) is 22.4 Å². The zero-order valence-electron chi connectivity index (χ0n) is 14.2. The SMILES string of the molecule is O=C(Nc1cnc(-c2cc3c(cc2Cl)OC(F)(F)C3)cn1)c1c(F)cncc1F. The molecule has 0 spiro atoms. The van der Waals surface area contributed by atoms with Crippen molar-refractivity contribution in [3.63, 3.8) is 0 Å². The fourth-order valence-corrected chi connectivity index (χ4v) is 3.04. The van der Waals surface area contributed by atoms with Gasteiger partial charge in [0.15, 0.2) is 17.5 Å².